The molecule has 0 spiro atoms. The molecule has 7 heteroatoms. The number of furan rings is 1. The van der Waals surface area contributed by atoms with E-state index >= 15 is 0 Å². The van der Waals surface area contributed by atoms with Crippen LogP contribution in [0.1, 0.15) is 47.1 Å². The highest BCUT2D eigenvalue weighted by Gasteiger charge is 2.22. The van der Waals surface area contributed by atoms with Crippen molar-refractivity contribution in [3.05, 3.63) is 60.7 Å². The van der Waals surface area contributed by atoms with Crippen LogP contribution in [-0.4, -0.2) is 18.9 Å². The highest BCUT2D eigenvalue weighted by atomic mass is 32.2. The lowest BCUT2D eigenvalue weighted by atomic mass is 9.88. The largest absolute Gasteiger partial charge is 0.464 e. The summed E-state index contributed by atoms with van der Waals surface area (Å²) in [4.78, 5) is 4.31. The highest BCUT2D eigenvalue weighted by molar-refractivity contribution is 7.89. The fourth-order valence-electron chi connectivity index (χ4n) is 3.19. The molecule has 0 bridgehead atoms. The zero-order chi connectivity index (χ0) is 22.9. The average molecular weight is 443 g/mol. The van der Waals surface area contributed by atoms with Crippen LogP contribution in [0.3, 0.4) is 0 Å². The van der Waals surface area contributed by atoms with Crippen LogP contribution in [0, 0.1) is 5.41 Å². The van der Waals surface area contributed by atoms with E-state index in [1.54, 1.807) is 39.0 Å². The zero-order valence-electron chi connectivity index (χ0n) is 18.9. The van der Waals surface area contributed by atoms with Crippen LogP contribution >= 0.6 is 0 Å². The Kier molecular flexibility index (Phi) is 6.30. The first-order chi connectivity index (χ1) is 14.3. The van der Waals surface area contributed by atoms with E-state index in [-0.39, 0.29) is 4.90 Å². The molecule has 4 rings (SSSR count). The van der Waals surface area contributed by atoms with Crippen LogP contribution in [0.2, 0.25) is 0 Å². The summed E-state index contributed by atoms with van der Waals surface area (Å²) in [5.41, 5.74) is 3.50. The minimum absolute atomic E-state index is 0.217. The molecule has 0 radical (unpaired) electrons. The number of nitrogens with one attached hydrogen (secondary N) is 1. The summed E-state index contributed by atoms with van der Waals surface area (Å²) in [6.07, 6.45) is 4.09. The summed E-state index contributed by atoms with van der Waals surface area (Å²) in [5, 5.41) is 0.889. The van der Waals surface area contributed by atoms with Crippen LogP contribution in [0.5, 0.6) is 0 Å². The first-order valence-corrected chi connectivity index (χ1v) is 11.6. The van der Waals surface area contributed by atoms with Crippen molar-refractivity contribution in [2.45, 2.75) is 58.4 Å². The number of sulfonamides is 1. The standard InChI is InChI=1S/C12H15NO3S.C12H15NO/c1-12(2,3)13-17(14,15)10-5-4-9-6-7-16-11(9)8-10;1-12(2,3)7-9-4-5-10-11(6-9)14-8-13-10/h4-8,13H,1-3H3;4-6,8H,7H2,1-3H3. The fourth-order valence-corrected chi connectivity index (χ4v) is 4.62. The highest BCUT2D eigenvalue weighted by Crippen LogP contribution is 2.23. The van der Waals surface area contributed by atoms with Gasteiger partial charge in [-0.05, 0) is 68.5 Å². The number of hydrogen-bond acceptors (Lipinski definition) is 5. The van der Waals surface area contributed by atoms with E-state index in [9.17, 15) is 8.42 Å². The number of hydrogen-bond donors (Lipinski definition) is 1. The van der Waals surface area contributed by atoms with Gasteiger partial charge in [-0.1, -0.05) is 26.8 Å². The SMILES string of the molecule is CC(C)(C)Cc1ccc2ncoc2c1.CC(C)(C)NS(=O)(=O)c1ccc2ccoc2c1. The summed E-state index contributed by atoms with van der Waals surface area (Å²) >= 11 is 0. The maximum Gasteiger partial charge on any atom is 0.241 e. The number of benzene rings is 2. The maximum absolute atomic E-state index is 12.1. The predicted octanol–water partition coefficient (Wildman–Crippen LogP) is 5.93. The summed E-state index contributed by atoms with van der Waals surface area (Å²) < 4.78 is 37.2. The van der Waals surface area contributed by atoms with Gasteiger partial charge in [0.1, 0.15) is 11.1 Å². The predicted molar refractivity (Wildman–Crippen MR) is 123 cm³/mol. The number of oxazole rings is 1. The number of fused-ring (bicyclic) bond motifs is 2. The van der Waals surface area contributed by atoms with Gasteiger partial charge in [-0.3, -0.25) is 0 Å². The lowest BCUT2D eigenvalue weighted by molar-refractivity contribution is 0.411. The van der Waals surface area contributed by atoms with Crippen LogP contribution in [-0.2, 0) is 16.4 Å². The lowest BCUT2D eigenvalue weighted by Gasteiger charge is -2.20. The van der Waals surface area contributed by atoms with E-state index in [1.807, 2.05) is 6.07 Å². The number of rotatable bonds is 3. The molecule has 6 nitrogen and oxygen atoms in total. The Morgan fingerprint density at radius 1 is 0.903 bits per heavy atom. The van der Waals surface area contributed by atoms with Crippen molar-refractivity contribution in [1.82, 2.24) is 9.71 Å². The van der Waals surface area contributed by atoms with E-state index in [2.05, 4.69) is 42.6 Å². The van der Waals surface area contributed by atoms with Gasteiger partial charge >= 0.3 is 0 Å². The topological polar surface area (TPSA) is 85.3 Å². The van der Waals surface area contributed by atoms with Gasteiger partial charge in [-0.25, -0.2) is 18.1 Å². The van der Waals surface area contributed by atoms with Gasteiger partial charge in [0.15, 0.2) is 12.0 Å². The van der Waals surface area contributed by atoms with E-state index in [0.717, 1.165) is 22.9 Å². The van der Waals surface area contributed by atoms with Crippen LogP contribution in [0.4, 0.5) is 0 Å². The summed E-state index contributed by atoms with van der Waals surface area (Å²) in [5.74, 6) is 0. The summed E-state index contributed by atoms with van der Waals surface area (Å²) in [6, 6.07) is 12.8. The first-order valence-electron chi connectivity index (χ1n) is 10.2. The second kappa shape index (κ2) is 8.48. The second-order valence-corrected chi connectivity index (χ2v) is 11.6. The van der Waals surface area contributed by atoms with Gasteiger partial charge in [-0.2, -0.15) is 0 Å². The molecule has 0 amide bonds. The molecule has 0 unspecified atom stereocenters. The van der Waals surface area contributed by atoms with Gasteiger partial charge in [0.25, 0.3) is 0 Å². The van der Waals surface area contributed by atoms with Crippen molar-refractivity contribution in [1.29, 1.82) is 0 Å². The molecule has 4 aromatic rings. The molecule has 2 heterocycles. The van der Waals surface area contributed by atoms with Gasteiger partial charge in [-0.15, -0.1) is 0 Å². The van der Waals surface area contributed by atoms with Crippen molar-refractivity contribution in [2.24, 2.45) is 5.41 Å². The molecule has 0 aliphatic rings. The summed E-state index contributed by atoms with van der Waals surface area (Å²) in [7, 11) is -3.50. The van der Waals surface area contributed by atoms with Gasteiger partial charge in [0.2, 0.25) is 10.0 Å². The second-order valence-electron chi connectivity index (χ2n) is 9.87. The Morgan fingerprint density at radius 3 is 2.32 bits per heavy atom. The van der Waals surface area contributed by atoms with E-state index in [1.165, 1.54) is 24.3 Å². The molecule has 31 heavy (non-hydrogen) atoms. The maximum atomic E-state index is 12.1. The Balaban J connectivity index is 0.000000179. The van der Waals surface area contributed by atoms with Gasteiger partial charge < -0.3 is 8.83 Å². The van der Waals surface area contributed by atoms with Crippen molar-refractivity contribution in [3.8, 4) is 0 Å². The lowest BCUT2D eigenvalue weighted by Crippen LogP contribution is -2.40. The molecular weight excluding hydrogens is 412 g/mol. The minimum Gasteiger partial charge on any atom is -0.464 e. The molecule has 0 fully saturated rings. The Morgan fingerprint density at radius 2 is 1.65 bits per heavy atom. The third-order valence-electron chi connectivity index (χ3n) is 4.31. The number of nitrogens with zero attached hydrogens (tertiary/aromatic N) is 1. The van der Waals surface area contributed by atoms with Crippen LogP contribution in [0.15, 0.2) is 68.9 Å². The normalized spacial score (nSPS) is 12.7. The molecule has 166 valence electrons. The van der Waals surface area contributed by atoms with E-state index in [4.69, 9.17) is 8.83 Å². The quantitative estimate of drug-likeness (QED) is 0.425. The Hall–Kier alpha value is -2.64. The van der Waals surface area contributed by atoms with Crippen molar-refractivity contribution in [2.75, 3.05) is 0 Å². The fraction of sp³-hybridized carbons (Fsp3) is 0.375. The Bertz CT molecular complexity index is 1270. The third-order valence-corrected chi connectivity index (χ3v) is 6.06. The molecule has 2 aromatic heterocycles. The zero-order valence-corrected chi connectivity index (χ0v) is 19.7. The minimum atomic E-state index is -3.50. The van der Waals surface area contributed by atoms with E-state index < -0.39 is 15.6 Å². The van der Waals surface area contributed by atoms with Crippen molar-refractivity contribution >= 4 is 32.1 Å². The molecular formula is C24H30N2O4S. The molecule has 0 aliphatic heterocycles. The summed E-state index contributed by atoms with van der Waals surface area (Å²) in [6.45, 7) is 12.1. The Labute approximate surface area is 183 Å². The molecule has 0 saturated carbocycles. The number of aromatic nitrogens is 1. The van der Waals surface area contributed by atoms with Crippen molar-refractivity contribution < 1.29 is 17.3 Å². The molecule has 0 aliphatic carbocycles. The monoisotopic (exact) mass is 442 g/mol. The first kappa shape index (κ1) is 23.0. The van der Waals surface area contributed by atoms with Crippen LogP contribution < -0.4 is 4.72 Å². The van der Waals surface area contributed by atoms with Gasteiger partial charge in [0, 0.05) is 17.0 Å². The molecule has 0 saturated heterocycles. The van der Waals surface area contributed by atoms with E-state index in [0.29, 0.717) is 11.0 Å². The third kappa shape index (κ3) is 6.42. The molecule has 2 aromatic carbocycles. The molecule has 0 atom stereocenters. The van der Waals surface area contributed by atoms with Gasteiger partial charge in [0.05, 0.1) is 11.2 Å². The molecule has 1 N–H and O–H groups in total. The van der Waals surface area contributed by atoms with Crippen molar-refractivity contribution in [3.63, 3.8) is 0 Å². The smallest absolute Gasteiger partial charge is 0.241 e. The average Bonchev–Trinajstić information content (AvgIpc) is 3.26. The van der Waals surface area contributed by atoms with Crippen LogP contribution in [0.25, 0.3) is 22.1 Å².